The topological polar surface area (TPSA) is 43.8 Å². The number of hydrogen-bond donors (Lipinski definition) is 1. The molecule has 0 amide bonds. The van der Waals surface area contributed by atoms with Gasteiger partial charge in [0.2, 0.25) is 0 Å². The highest BCUT2D eigenvalue weighted by atomic mass is 16.3. The van der Waals surface area contributed by atoms with Crippen LogP contribution in [0.1, 0.15) is 35.3 Å². The van der Waals surface area contributed by atoms with Crippen molar-refractivity contribution in [3.63, 3.8) is 0 Å². The number of carbonyl (C=O) groups is 1. The van der Waals surface area contributed by atoms with Crippen molar-refractivity contribution >= 4 is 16.6 Å². The third kappa shape index (κ3) is 4.62. The summed E-state index contributed by atoms with van der Waals surface area (Å²) < 4.78 is 0. The Morgan fingerprint density at radius 2 is 1.50 bits per heavy atom. The van der Waals surface area contributed by atoms with E-state index in [9.17, 15) is 4.79 Å². The number of aliphatic hydroxyl groups excluding tert-OH is 1. The van der Waals surface area contributed by atoms with Crippen molar-refractivity contribution in [3.05, 3.63) is 83.4 Å². The highest BCUT2D eigenvalue weighted by Gasteiger charge is 2.29. The van der Waals surface area contributed by atoms with Gasteiger partial charge in [-0.25, -0.2) is 0 Å². The molecule has 4 heteroatoms. The van der Waals surface area contributed by atoms with Gasteiger partial charge in [0, 0.05) is 43.8 Å². The summed E-state index contributed by atoms with van der Waals surface area (Å²) in [5.41, 5.74) is 3.14. The van der Waals surface area contributed by atoms with E-state index in [0.29, 0.717) is 17.6 Å². The van der Waals surface area contributed by atoms with Crippen LogP contribution in [-0.4, -0.2) is 52.5 Å². The molecule has 0 unspecified atom stereocenters. The van der Waals surface area contributed by atoms with E-state index >= 15 is 0 Å². The summed E-state index contributed by atoms with van der Waals surface area (Å²) in [5.74, 6) is -0.230. The van der Waals surface area contributed by atoms with Crippen LogP contribution in [0.25, 0.3) is 10.8 Å². The van der Waals surface area contributed by atoms with Gasteiger partial charge >= 0.3 is 0 Å². The van der Waals surface area contributed by atoms with Crippen LogP contribution in [0.2, 0.25) is 0 Å². The molecule has 3 aromatic rings. The van der Waals surface area contributed by atoms with Gasteiger partial charge in [0.1, 0.15) is 6.61 Å². The van der Waals surface area contributed by atoms with Crippen molar-refractivity contribution in [3.8, 4) is 0 Å². The van der Waals surface area contributed by atoms with E-state index in [-0.39, 0.29) is 5.78 Å². The van der Waals surface area contributed by atoms with Crippen molar-refractivity contribution in [2.24, 2.45) is 0 Å². The van der Waals surface area contributed by atoms with Crippen LogP contribution in [0.4, 0.5) is 0 Å². The van der Waals surface area contributed by atoms with Gasteiger partial charge in [-0.05, 0) is 41.8 Å². The molecule has 4 rings (SSSR count). The second kappa shape index (κ2) is 9.09. The van der Waals surface area contributed by atoms with Gasteiger partial charge in [0.25, 0.3) is 0 Å². The van der Waals surface area contributed by atoms with Gasteiger partial charge in [-0.1, -0.05) is 60.7 Å². The van der Waals surface area contributed by atoms with Crippen molar-refractivity contribution < 1.29 is 9.90 Å². The predicted octanol–water partition coefficient (Wildman–Crippen LogP) is 4.11. The Balaban J connectivity index is 1.39. The molecule has 1 N–H and O–H groups in total. The maximum absolute atomic E-state index is 11.6. The minimum Gasteiger partial charge on any atom is -0.388 e. The van der Waals surface area contributed by atoms with E-state index in [2.05, 4.69) is 66.1 Å². The number of nitrogens with zero attached hydrogens (tertiary/aromatic N) is 2. The summed E-state index contributed by atoms with van der Waals surface area (Å²) in [6.45, 7) is 8.09. The van der Waals surface area contributed by atoms with Gasteiger partial charge < -0.3 is 5.11 Å². The maximum atomic E-state index is 11.6. The molecule has 1 aliphatic rings. The number of hydrogen-bond acceptors (Lipinski definition) is 4. The first-order chi connectivity index (χ1) is 14.5. The number of rotatable bonds is 6. The van der Waals surface area contributed by atoms with E-state index in [1.165, 1.54) is 21.9 Å². The molecule has 3 aromatic carbocycles. The fraction of sp³-hybridized carbons (Fsp3) is 0.346. The van der Waals surface area contributed by atoms with Gasteiger partial charge in [-0.3, -0.25) is 14.6 Å². The lowest BCUT2D eigenvalue weighted by atomic mass is 10.0. The number of piperazine rings is 1. The summed E-state index contributed by atoms with van der Waals surface area (Å²) in [7, 11) is 0. The first-order valence-corrected chi connectivity index (χ1v) is 10.7. The SMILES string of the molecule is C[C@@H]1CN(Cc2ccc(C(=O)CO)cc2)C[C@H](C)N1Cc1ccc2ccccc2c1. The summed E-state index contributed by atoms with van der Waals surface area (Å²) in [6, 6.07) is 23.9. The molecular formula is C26H30N2O2. The Morgan fingerprint density at radius 1 is 0.867 bits per heavy atom. The Bertz CT molecular complexity index is 1000. The molecule has 1 fully saturated rings. The van der Waals surface area contributed by atoms with Crippen LogP contribution < -0.4 is 0 Å². The Labute approximate surface area is 178 Å². The molecular weight excluding hydrogens is 372 g/mol. The molecule has 0 radical (unpaired) electrons. The Kier molecular flexibility index (Phi) is 6.28. The second-order valence-electron chi connectivity index (χ2n) is 8.52. The zero-order valence-electron chi connectivity index (χ0n) is 17.8. The van der Waals surface area contributed by atoms with Crippen LogP contribution in [0.3, 0.4) is 0 Å². The third-order valence-electron chi connectivity index (χ3n) is 6.18. The lowest BCUT2D eigenvalue weighted by Gasteiger charge is -2.44. The Hall–Kier alpha value is -2.53. The zero-order chi connectivity index (χ0) is 21.1. The molecule has 156 valence electrons. The zero-order valence-corrected chi connectivity index (χ0v) is 17.8. The first-order valence-electron chi connectivity index (χ1n) is 10.7. The molecule has 1 saturated heterocycles. The standard InChI is InChI=1S/C26H30N2O2/c1-19-14-27(16-21-7-11-24(12-8-21)26(30)18-29)15-20(2)28(19)17-22-9-10-23-5-3-4-6-25(23)13-22/h3-13,19-20,29H,14-18H2,1-2H3/t19-,20+. The quantitative estimate of drug-likeness (QED) is 0.630. The molecule has 0 bridgehead atoms. The monoisotopic (exact) mass is 402 g/mol. The lowest BCUT2D eigenvalue weighted by molar-refractivity contribution is 0.0290. The number of fused-ring (bicyclic) bond motifs is 1. The van der Waals surface area contributed by atoms with Crippen LogP contribution in [0.15, 0.2) is 66.7 Å². The van der Waals surface area contributed by atoms with E-state index in [0.717, 1.165) is 26.2 Å². The maximum Gasteiger partial charge on any atom is 0.188 e. The molecule has 0 aliphatic carbocycles. The highest BCUT2D eigenvalue weighted by molar-refractivity contribution is 5.96. The number of Topliss-reactive ketones (excluding diaryl/α,β-unsaturated/α-hetero) is 1. The average molecular weight is 403 g/mol. The van der Waals surface area contributed by atoms with Crippen molar-refractivity contribution in [1.29, 1.82) is 0 Å². The van der Waals surface area contributed by atoms with E-state index in [1.54, 1.807) is 0 Å². The largest absolute Gasteiger partial charge is 0.388 e. The van der Waals surface area contributed by atoms with Crippen LogP contribution >= 0.6 is 0 Å². The molecule has 4 nitrogen and oxygen atoms in total. The number of benzene rings is 3. The lowest BCUT2D eigenvalue weighted by Crippen LogP contribution is -2.55. The molecule has 1 aliphatic heterocycles. The normalized spacial score (nSPS) is 20.5. The average Bonchev–Trinajstić information content (AvgIpc) is 2.76. The predicted molar refractivity (Wildman–Crippen MR) is 122 cm³/mol. The number of carbonyl (C=O) groups excluding carboxylic acids is 1. The van der Waals surface area contributed by atoms with Crippen LogP contribution in [0.5, 0.6) is 0 Å². The van der Waals surface area contributed by atoms with Crippen molar-refractivity contribution in [2.45, 2.75) is 39.0 Å². The smallest absolute Gasteiger partial charge is 0.188 e. The summed E-state index contributed by atoms with van der Waals surface area (Å²) in [6.07, 6.45) is 0. The minimum absolute atomic E-state index is 0.230. The van der Waals surface area contributed by atoms with Gasteiger partial charge in [0.15, 0.2) is 5.78 Å². The van der Waals surface area contributed by atoms with E-state index in [4.69, 9.17) is 5.11 Å². The summed E-state index contributed by atoms with van der Waals surface area (Å²) >= 11 is 0. The molecule has 0 spiro atoms. The number of ketones is 1. The molecule has 0 saturated carbocycles. The first kappa shape index (κ1) is 20.7. The summed E-state index contributed by atoms with van der Waals surface area (Å²) in [4.78, 5) is 16.7. The van der Waals surface area contributed by atoms with Gasteiger partial charge in [-0.2, -0.15) is 0 Å². The summed E-state index contributed by atoms with van der Waals surface area (Å²) in [5, 5.41) is 11.6. The molecule has 30 heavy (non-hydrogen) atoms. The molecule has 1 heterocycles. The van der Waals surface area contributed by atoms with E-state index < -0.39 is 6.61 Å². The van der Waals surface area contributed by atoms with Crippen LogP contribution in [-0.2, 0) is 13.1 Å². The van der Waals surface area contributed by atoms with Crippen LogP contribution in [0, 0.1) is 0 Å². The van der Waals surface area contributed by atoms with Gasteiger partial charge in [-0.15, -0.1) is 0 Å². The highest BCUT2D eigenvalue weighted by Crippen LogP contribution is 2.23. The third-order valence-corrected chi connectivity index (χ3v) is 6.18. The molecule has 0 aromatic heterocycles. The van der Waals surface area contributed by atoms with Crippen molar-refractivity contribution in [2.75, 3.05) is 19.7 Å². The Morgan fingerprint density at radius 3 is 2.17 bits per heavy atom. The second-order valence-corrected chi connectivity index (χ2v) is 8.52. The minimum atomic E-state index is -0.437. The number of aliphatic hydroxyl groups is 1. The fourth-order valence-electron chi connectivity index (χ4n) is 4.60. The van der Waals surface area contributed by atoms with Gasteiger partial charge in [0.05, 0.1) is 0 Å². The fourth-order valence-corrected chi connectivity index (χ4v) is 4.60. The molecule has 2 atom stereocenters. The van der Waals surface area contributed by atoms with E-state index in [1.807, 2.05) is 24.3 Å². The van der Waals surface area contributed by atoms with Crippen molar-refractivity contribution in [1.82, 2.24) is 9.80 Å².